The van der Waals surface area contributed by atoms with Crippen LogP contribution in [-0.2, 0) is 10.0 Å². The van der Waals surface area contributed by atoms with Gasteiger partial charge in [-0.15, -0.1) is 0 Å². The molecule has 3 aromatic rings. The maximum Gasteiger partial charge on any atom is 0.255 e. The average molecular weight is 368 g/mol. The van der Waals surface area contributed by atoms with Gasteiger partial charge in [0.25, 0.3) is 5.91 Å². The van der Waals surface area contributed by atoms with Gasteiger partial charge in [-0.2, -0.15) is 0 Å². The molecule has 0 aliphatic rings. The second-order valence-electron chi connectivity index (χ2n) is 5.93. The number of rotatable bonds is 5. The van der Waals surface area contributed by atoms with Crippen molar-refractivity contribution in [3.8, 4) is 0 Å². The Balaban J connectivity index is 1.77. The van der Waals surface area contributed by atoms with Gasteiger partial charge in [0, 0.05) is 18.3 Å². The zero-order chi connectivity index (χ0) is 18.7. The zero-order valence-corrected chi connectivity index (χ0v) is 15.5. The van der Waals surface area contributed by atoms with Crippen molar-refractivity contribution in [1.82, 2.24) is 0 Å². The number of hydrogen-bond donors (Lipinski definition) is 1. The van der Waals surface area contributed by atoms with Crippen molar-refractivity contribution in [3.63, 3.8) is 0 Å². The molecule has 0 radical (unpaired) electrons. The molecule has 0 atom stereocenters. The molecular formula is C20H20N2O3S. The fraction of sp³-hybridized carbons (Fsp3) is 0.150. The maximum atomic E-state index is 12.4. The van der Waals surface area contributed by atoms with Gasteiger partial charge in [0.1, 0.15) is 0 Å². The van der Waals surface area contributed by atoms with Crippen molar-refractivity contribution < 1.29 is 13.2 Å². The highest BCUT2D eigenvalue weighted by atomic mass is 32.2. The Morgan fingerprint density at radius 1 is 0.962 bits per heavy atom. The largest absolute Gasteiger partial charge is 0.322 e. The van der Waals surface area contributed by atoms with Crippen LogP contribution in [0.15, 0.2) is 66.7 Å². The third-order valence-corrected chi connectivity index (χ3v) is 6.06. The molecule has 0 aromatic heterocycles. The van der Waals surface area contributed by atoms with Gasteiger partial charge in [0.05, 0.1) is 11.4 Å². The lowest BCUT2D eigenvalue weighted by Gasteiger charge is -2.18. The molecular weight excluding hydrogens is 348 g/mol. The lowest BCUT2D eigenvalue weighted by molar-refractivity contribution is 0.102. The lowest BCUT2D eigenvalue weighted by atomic mass is 10.1. The smallest absolute Gasteiger partial charge is 0.255 e. The highest BCUT2D eigenvalue weighted by molar-refractivity contribution is 7.92. The average Bonchev–Trinajstić information content (AvgIpc) is 2.67. The van der Waals surface area contributed by atoms with Crippen LogP contribution >= 0.6 is 0 Å². The molecule has 26 heavy (non-hydrogen) atoms. The molecule has 0 saturated carbocycles. The monoisotopic (exact) mass is 368 g/mol. The van der Waals surface area contributed by atoms with Crippen LogP contribution in [0.2, 0.25) is 0 Å². The van der Waals surface area contributed by atoms with E-state index in [1.54, 1.807) is 31.2 Å². The topological polar surface area (TPSA) is 66.5 Å². The van der Waals surface area contributed by atoms with Crippen molar-refractivity contribution in [2.75, 3.05) is 22.4 Å². The van der Waals surface area contributed by atoms with E-state index in [4.69, 9.17) is 0 Å². The molecule has 0 aliphatic carbocycles. The molecule has 0 aliphatic heterocycles. The maximum absolute atomic E-state index is 12.4. The number of carbonyl (C=O) groups excluding carboxylic acids is 1. The number of carbonyl (C=O) groups is 1. The fourth-order valence-electron chi connectivity index (χ4n) is 2.65. The summed E-state index contributed by atoms with van der Waals surface area (Å²) in [5.41, 5.74) is 1.70. The Morgan fingerprint density at radius 2 is 1.62 bits per heavy atom. The molecule has 0 spiro atoms. The minimum absolute atomic E-state index is 0.0215. The van der Waals surface area contributed by atoms with Gasteiger partial charge in [-0.05, 0) is 54.1 Å². The highest BCUT2D eigenvalue weighted by Gasteiger charge is 2.16. The molecule has 3 aromatic carbocycles. The summed E-state index contributed by atoms with van der Waals surface area (Å²) in [6.07, 6.45) is 0. The Labute approximate surface area is 153 Å². The molecule has 1 N–H and O–H groups in total. The first kappa shape index (κ1) is 17.9. The first-order valence-electron chi connectivity index (χ1n) is 8.27. The van der Waals surface area contributed by atoms with E-state index in [0.717, 1.165) is 10.8 Å². The van der Waals surface area contributed by atoms with Crippen molar-refractivity contribution >= 4 is 38.1 Å². The van der Waals surface area contributed by atoms with E-state index in [9.17, 15) is 13.2 Å². The number of amides is 1. The van der Waals surface area contributed by atoms with Gasteiger partial charge < -0.3 is 5.32 Å². The molecule has 0 unspecified atom stereocenters. The third-order valence-electron chi connectivity index (χ3n) is 4.28. The number of nitrogens with zero attached hydrogens (tertiary/aromatic N) is 1. The Hall–Kier alpha value is -2.86. The molecule has 1 amide bonds. The minimum Gasteiger partial charge on any atom is -0.322 e. The van der Waals surface area contributed by atoms with Gasteiger partial charge in [-0.1, -0.05) is 30.3 Å². The summed E-state index contributed by atoms with van der Waals surface area (Å²) >= 11 is 0. The lowest BCUT2D eigenvalue weighted by Crippen LogP contribution is -2.28. The summed E-state index contributed by atoms with van der Waals surface area (Å²) in [6.45, 7) is 1.59. The number of nitrogens with one attached hydrogen (secondary N) is 1. The standard InChI is InChI=1S/C20H20N2O3S/c1-3-26(24,25)22(2)19-12-9-16(10-13-19)20(23)21-18-11-8-15-6-4-5-7-17(15)14-18/h4-14H,3H2,1-2H3,(H,21,23). The Kier molecular flexibility index (Phi) is 4.95. The Morgan fingerprint density at radius 3 is 2.27 bits per heavy atom. The van der Waals surface area contributed by atoms with E-state index in [-0.39, 0.29) is 11.7 Å². The third kappa shape index (κ3) is 3.70. The predicted molar refractivity (Wildman–Crippen MR) is 106 cm³/mol. The summed E-state index contributed by atoms with van der Waals surface area (Å²) in [5, 5.41) is 5.02. The van der Waals surface area contributed by atoms with Crippen LogP contribution in [0.5, 0.6) is 0 Å². The fourth-order valence-corrected chi connectivity index (χ4v) is 3.48. The summed E-state index contributed by atoms with van der Waals surface area (Å²) in [4.78, 5) is 12.4. The van der Waals surface area contributed by atoms with E-state index in [1.165, 1.54) is 11.4 Å². The number of anilines is 2. The molecule has 0 saturated heterocycles. The highest BCUT2D eigenvalue weighted by Crippen LogP contribution is 2.21. The molecule has 134 valence electrons. The van der Waals surface area contributed by atoms with E-state index < -0.39 is 10.0 Å². The van der Waals surface area contributed by atoms with Gasteiger partial charge in [0.2, 0.25) is 10.0 Å². The van der Waals surface area contributed by atoms with E-state index in [0.29, 0.717) is 16.9 Å². The van der Waals surface area contributed by atoms with Crippen molar-refractivity contribution in [2.24, 2.45) is 0 Å². The number of benzene rings is 3. The second kappa shape index (κ2) is 7.17. The molecule has 6 heteroatoms. The second-order valence-corrected chi connectivity index (χ2v) is 8.22. The quantitative estimate of drug-likeness (QED) is 0.743. The first-order chi connectivity index (χ1) is 12.4. The number of fused-ring (bicyclic) bond motifs is 1. The zero-order valence-electron chi connectivity index (χ0n) is 14.6. The predicted octanol–water partition coefficient (Wildman–Crippen LogP) is 3.88. The normalized spacial score (nSPS) is 11.3. The van der Waals surface area contributed by atoms with Crippen LogP contribution < -0.4 is 9.62 Å². The van der Waals surface area contributed by atoms with Gasteiger partial charge in [-0.25, -0.2) is 8.42 Å². The molecule has 0 bridgehead atoms. The van der Waals surface area contributed by atoms with E-state index >= 15 is 0 Å². The van der Waals surface area contributed by atoms with Gasteiger partial charge >= 0.3 is 0 Å². The number of hydrogen-bond acceptors (Lipinski definition) is 3. The van der Waals surface area contributed by atoms with Gasteiger partial charge in [0.15, 0.2) is 0 Å². The Bertz CT molecular complexity index is 1040. The van der Waals surface area contributed by atoms with Crippen LogP contribution in [0.25, 0.3) is 10.8 Å². The van der Waals surface area contributed by atoms with Crippen LogP contribution in [0.4, 0.5) is 11.4 Å². The van der Waals surface area contributed by atoms with Crippen molar-refractivity contribution in [3.05, 3.63) is 72.3 Å². The first-order valence-corrected chi connectivity index (χ1v) is 9.88. The molecule has 0 fully saturated rings. The van der Waals surface area contributed by atoms with Crippen LogP contribution in [0, 0.1) is 0 Å². The van der Waals surface area contributed by atoms with Crippen LogP contribution in [0.1, 0.15) is 17.3 Å². The minimum atomic E-state index is -3.32. The van der Waals surface area contributed by atoms with Gasteiger partial charge in [-0.3, -0.25) is 9.10 Å². The van der Waals surface area contributed by atoms with Crippen LogP contribution in [0.3, 0.4) is 0 Å². The SMILES string of the molecule is CCS(=O)(=O)N(C)c1ccc(C(=O)Nc2ccc3ccccc3c2)cc1. The summed E-state index contributed by atoms with van der Waals surface area (Å²) in [6, 6.07) is 20.2. The molecule has 0 heterocycles. The number of sulfonamides is 1. The summed E-state index contributed by atoms with van der Waals surface area (Å²) in [7, 11) is -1.82. The van der Waals surface area contributed by atoms with E-state index in [2.05, 4.69) is 5.32 Å². The summed E-state index contributed by atoms with van der Waals surface area (Å²) < 4.78 is 25.0. The summed E-state index contributed by atoms with van der Waals surface area (Å²) in [5.74, 6) is -0.221. The van der Waals surface area contributed by atoms with Crippen molar-refractivity contribution in [2.45, 2.75) is 6.92 Å². The van der Waals surface area contributed by atoms with Crippen molar-refractivity contribution in [1.29, 1.82) is 0 Å². The molecule has 5 nitrogen and oxygen atoms in total. The van der Waals surface area contributed by atoms with E-state index in [1.807, 2.05) is 42.5 Å². The van der Waals surface area contributed by atoms with Crippen LogP contribution in [-0.4, -0.2) is 27.1 Å². The molecule has 3 rings (SSSR count).